The Morgan fingerprint density at radius 1 is 0.846 bits per heavy atom. The van der Waals surface area contributed by atoms with Crippen molar-refractivity contribution in [2.75, 3.05) is 0 Å². The molecule has 26 heavy (non-hydrogen) atoms. The molecule has 0 radical (unpaired) electrons. The maximum Gasteiger partial charge on any atom is 0.131 e. The molecule has 3 aromatic carbocycles. The standard InChI is InChI=1S/C23H19ClF2/c1-16(18-5-3-2-4-6-18)13-17-7-8-19(22(25)14-17)9-10-20-11-12-21(24)15-23(20)26/h2-12,14-16H,13H2,1H3/b10-9+. The molecule has 0 aromatic heterocycles. The molecule has 0 saturated carbocycles. The van der Waals surface area contributed by atoms with Crippen LogP contribution in [-0.2, 0) is 6.42 Å². The summed E-state index contributed by atoms with van der Waals surface area (Å²) in [5, 5.41) is 0.336. The van der Waals surface area contributed by atoms with Crippen molar-refractivity contribution in [1.82, 2.24) is 0 Å². The van der Waals surface area contributed by atoms with Gasteiger partial charge in [0.15, 0.2) is 0 Å². The van der Waals surface area contributed by atoms with E-state index in [9.17, 15) is 8.78 Å². The van der Waals surface area contributed by atoms with Gasteiger partial charge in [-0.05, 0) is 41.7 Å². The second-order valence-electron chi connectivity index (χ2n) is 6.37. The predicted molar refractivity (Wildman–Crippen MR) is 105 cm³/mol. The van der Waals surface area contributed by atoms with Gasteiger partial charge in [-0.15, -0.1) is 0 Å². The molecule has 3 rings (SSSR count). The van der Waals surface area contributed by atoms with Gasteiger partial charge in [-0.2, -0.15) is 0 Å². The molecule has 0 nitrogen and oxygen atoms in total. The molecule has 0 aliphatic heterocycles. The van der Waals surface area contributed by atoms with Crippen molar-refractivity contribution in [3.63, 3.8) is 0 Å². The molecule has 3 aromatic rings. The van der Waals surface area contributed by atoms with Crippen molar-refractivity contribution >= 4 is 23.8 Å². The van der Waals surface area contributed by atoms with Crippen LogP contribution in [0.5, 0.6) is 0 Å². The molecule has 3 heteroatoms. The first kappa shape index (κ1) is 18.3. The Bertz CT molecular complexity index is 917. The van der Waals surface area contributed by atoms with Crippen molar-refractivity contribution in [3.8, 4) is 0 Å². The maximum atomic E-state index is 14.4. The van der Waals surface area contributed by atoms with Crippen LogP contribution < -0.4 is 0 Å². The van der Waals surface area contributed by atoms with Gasteiger partial charge in [0.05, 0.1) is 0 Å². The molecule has 0 aliphatic carbocycles. The lowest BCUT2D eigenvalue weighted by Crippen LogP contribution is -1.99. The first-order valence-corrected chi connectivity index (χ1v) is 8.87. The first-order valence-electron chi connectivity index (χ1n) is 8.49. The minimum atomic E-state index is -0.428. The Hall–Kier alpha value is -2.45. The summed E-state index contributed by atoms with van der Waals surface area (Å²) < 4.78 is 28.2. The Morgan fingerprint density at radius 2 is 1.46 bits per heavy atom. The molecular weight excluding hydrogens is 350 g/mol. The molecule has 1 unspecified atom stereocenters. The fourth-order valence-electron chi connectivity index (χ4n) is 2.90. The molecule has 0 saturated heterocycles. The Morgan fingerprint density at radius 3 is 2.08 bits per heavy atom. The third-order valence-electron chi connectivity index (χ3n) is 4.38. The minimum absolute atomic E-state index is 0.306. The SMILES string of the molecule is CC(Cc1ccc(/C=C/c2ccc(Cl)cc2F)c(F)c1)c1ccccc1. The van der Waals surface area contributed by atoms with Crippen molar-refractivity contribution in [2.24, 2.45) is 0 Å². The van der Waals surface area contributed by atoms with E-state index in [1.165, 1.54) is 11.6 Å². The molecule has 0 aliphatic rings. The van der Waals surface area contributed by atoms with Gasteiger partial charge in [-0.25, -0.2) is 8.78 Å². The van der Waals surface area contributed by atoms with Gasteiger partial charge in [0.2, 0.25) is 0 Å². The predicted octanol–water partition coefficient (Wildman–Crippen LogP) is 7.13. The van der Waals surface area contributed by atoms with E-state index < -0.39 is 5.82 Å². The lowest BCUT2D eigenvalue weighted by Gasteiger charge is -2.12. The van der Waals surface area contributed by atoms with Gasteiger partial charge in [-0.1, -0.05) is 79.2 Å². The highest BCUT2D eigenvalue weighted by Gasteiger charge is 2.08. The molecule has 0 bridgehead atoms. The molecular formula is C23H19ClF2. The van der Waals surface area contributed by atoms with Gasteiger partial charge in [-0.3, -0.25) is 0 Å². The average Bonchev–Trinajstić information content (AvgIpc) is 2.63. The summed E-state index contributed by atoms with van der Waals surface area (Å²) in [6, 6.07) is 19.8. The van der Waals surface area contributed by atoms with Crippen LogP contribution in [0.2, 0.25) is 5.02 Å². The van der Waals surface area contributed by atoms with Gasteiger partial charge in [0.1, 0.15) is 11.6 Å². The lowest BCUT2D eigenvalue weighted by molar-refractivity contribution is 0.620. The fraction of sp³-hybridized carbons (Fsp3) is 0.130. The van der Waals surface area contributed by atoms with Crippen LogP contribution in [0, 0.1) is 11.6 Å². The summed E-state index contributed by atoms with van der Waals surface area (Å²) in [6.07, 6.45) is 3.89. The molecule has 0 N–H and O–H groups in total. The van der Waals surface area contributed by atoms with Crippen LogP contribution in [0.3, 0.4) is 0 Å². The number of hydrogen-bond acceptors (Lipinski definition) is 0. The summed E-state index contributed by atoms with van der Waals surface area (Å²) in [4.78, 5) is 0. The molecule has 0 fully saturated rings. The smallest absolute Gasteiger partial charge is 0.131 e. The number of hydrogen-bond donors (Lipinski definition) is 0. The van der Waals surface area contributed by atoms with E-state index in [0.717, 1.165) is 12.0 Å². The highest BCUT2D eigenvalue weighted by Crippen LogP contribution is 2.23. The third kappa shape index (κ3) is 4.59. The second kappa shape index (κ2) is 8.29. The summed E-state index contributed by atoms with van der Waals surface area (Å²) in [5.41, 5.74) is 2.97. The zero-order valence-electron chi connectivity index (χ0n) is 14.4. The lowest BCUT2D eigenvalue weighted by atomic mass is 9.93. The van der Waals surface area contributed by atoms with E-state index in [0.29, 0.717) is 22.1 Å². The van der Waals surface area contributed by atoms with E-state index in [2.05, 4.69) is 19.1 Å². The monoisotopic (exact) mass is 368 g/mol. The number of halogens is 3. The highest BCUT2D eigenvalue weighted by molar-refractivity contribution is 6.30. The van der Waals surface area contributed by atoms with E-state index in [4.69, 9.17) is 11.6 Å². The quantitative estimate of drug-likeness (QED) is 0.420. The fourth-order valence-corrected chi connectivity index (χ4v) is 3.06. The topological polar surface area (TPSA) is 0 Å². The molecule has 0 heterocycles. The Kier molecular flexibility index (Phi) is 5.85. The number of benzene rings is 3. The summed E-state index contributed by atoms with van der Waals surface area (Å²) in [7, 11) is 0. The van der Waals surface area contributed by atoms with Gasteiger partial charge < -0.3 is 0 Å². The van der Waals surface area contributed by atoms with Crippen LogP contribution in [0.1, 0.15) is 35.1 Å². The van der Waals surface area contributed by atoms with Crippen LogP contribution in [-0.4, -0.2) is 0 Å². The maximum absolute atomic E-state index is 14.4. The van der Waals surface area contributed by atoms with Gasteiger partial charge in [0.25, 0.3) is 0 Å². The van der Waals surface area contributed by atoms with Crippen molar-refractivity contribution in [2.45, 2.75) is 19.3 Å². The van der Waals surface area contributed by atoms with Crippen LogP contribution in [0.25, 0.3) is 12.2 Å². The van der Waals surface area contributed by atoms with Crippen LogP contribution in [0.15, 0.2) is 66.7 Å². The molecule has 132 valence electrons. The summed E-state index contributed by atoms with van der Waals surface area (Å²) in [5.74, 6) is -0.434. The summed E-state index contributed by atoms with van der Waals surface area (Å²) >= 11 is 5.74. The largest absolute Gasteiger partial charge is 0.206 e. The van der Waals surface area contributed by atoms with Crippen molar-refractivity contribution < 1.29 is 8.78 Å². The molecule has 0 spiro atoms. The Balaban J connectivity index is 1.74. The highest BCUT2D eigenvalue weighted by atomic mass is 35.5. The number of rotatable bonds is 5. The van der Waals surface area contributed by atoms with E-state index >= 15 is 0 Å². The van der Waals surface area contributed by atoms with E-state index in [1.807, 2.05) is 24.3 Å². The average molecular weight is 369 g/mol. The molecule has 1 atom stereocenters. The normalized spacial score (nSPS) is 12.5. The van der Waals surface area contributed by atoms with E-state index in [-0.39, 0.29) is 5.82 Å². The zero-order valence-corrected chi connectivity index (χ0v) is 15.2. The van der Waals surface area contributed by atoms with Crippen LogP contribution in [0.4, 0.5) is 8.78 Å². The third-order valence-corrected chi connectivity index (χ3v) is 4.62. The van der Waals surface area contributed by atoms with Crippen molar-refractivity contribution in [3.05, 3.63) is 106 Å². The minimum Gasteiger partial charge on any atom is -0.206 e. The van der Waals surface area contributed by atoms with E-state index in [1.54, 1.807) is 36.4 Å². The zero-order chi connectivity index (χ0) is 18.5. The molecule has 0 amide bonds. The van der Waals surface area contributed by atoms with Gasteiger partial charge >= 0.3 is 0 Å². The Labute approximate surface area is 157 Å². The van der Waals surface area contributed by atoms with Crippen molar-refractivity contribution in [1.29, 1.82) is 0 Å². The summed E-state index contributed by atoms with van der Waals surface area (Å²) in [6.45, 7) is 2.13. The first-order chi connectivity index (χ1) is 12.5. The van der Waals surface area contributed by atoms with Crippen LogP contribution >= 0.6 is 11.6 Å². The van der Waals surface area contributed by atoms with Gasteiger partial charge in [0, 0.05) is 16.1 Å². The second-order valence-corrected chi connectivity index (χ2v) is 6.81.